The molecule has 0 atom stereocenters. The number of aliphatic imine (C=N–C) groups is 2. The molecule has 18 heavy (non-hydrogen) atoms. The van der Waals surface area contributed by atoms with E-state index in [2.05, 4.69) is 15.0 Å². The number of carbonyl (C=O) groups is 1. The fraction of sp³-hybridized carbons (Fsp3) is 0.385. The van der Waals surface area contributed by atoms with Crippen LogP contribution in [0.5, 0.6) is 0 Å². The van der Waals surface area contributed by atoms with Gasteiger partial charge in [-0.3, -0.25) is 4.57 Å². The van der Waals surface area contributed by atoms with Crippen LogP contribution in [0.3, 0.4) is 0 Å². The second-order valence-electron chi connectivity index (χ2n) is 4.86. The monoisotopic (exact) mass is 244 g/mol. The Bertz CT molecular complexity index is 535. The standard InChI is InChI=1S/C13H16N4O/c1-10-4-5-11(13(2,3)8-18)16-12(15-10)17-7-6-14-9-17/h5-9H,4H2,1-3H3. The predicted octanol–water partition coefficient (Wildman–Crippen LogP) is 2.06. The molecule has 0 amide bonds. The summed E-state index contributed by atoms with van der Waals surface area (Å²) in [5.74, 6) is 0.545. The van der Waals surface area contributed by atoms with Crippen molar-refractivity contribution < 1.29 is 4.79 Å². The van der Waals surface area contributed by atoms with Crippen molar-refractivity contribution in [3.63, 3.8) is 0 Å². The number of nitrogens with zero attached hydrogens (tertiary/aromatic N) is 4. The van der Waals surface area contributed by atoms with Gasteiger partial charge in [-0.2, -0.15) is 0 Å². The molecule has 0 radical (unpaired) electrons. The minimum Gasteiger partial charge on any atom is -0.302 e. The van der Waals surface area contributed by atoms with E-state index in [0.29, 0.717) is 12.4 Å². The van der Waals surface area contributed by atoms with Crippen LogP contribution in [0.15, 0.2) is 40.5 Å². The van der Waals surface area contributed by atoms with Crippen LogP contribution in [0, 0.1) is 5.41 Å². The van der Waals surface area contributed by atoms with Gasteiger partial charge in [-0.05, 0) is 20.8 Å². The molecule has 94 valence electrons. The molecule has 1 aromatic rings. The molecule has 0 bridgehead atoms. The maximum atomic E-state index is 11.1. The van der Waals surface area contributed by atoms with Crippen LogP contribution < -0.4 is 0 Å². The molecule has 0 fully saturated rings. The van der Waals surface area contributed by atoms with E-state index >= 15 is 0 Å². The van der Waals surface area contributed by atoms with Gasteiger partial charge < -0.3 is 4.79 Å². The van der Waals surface area contributed by atoms with Gasteiger partial charge in [0.05, 0.1) is 11.1 Å². The van der Waals surface area contributed by atoms with Gasteiger partial charge in [-0.15, -0.1) is 0 Å². The number of aldehydes is 1. The summed E-state index contributed by atoms with van der Waals surface area (Å²) in [6.07, 6.45) is 8.67. The third-order valence-corrected chi connectivity index (χ3v) is 2.79. The highest BCUT2D eigenvalue weighted by molar-refractivity contribution is 5.99. The van der Waals surface area contributed by atoms with E-state index in [4.69, 9.17) is 0 Å². The molecular formula is C13H16N4O. The Morgan fingerprint density at radius 3 is 2.78 bits per heavy atom. The Balaban J connectivity index is 2.47. The summed E-state index contributed by atoms with van der Waals surface area (Å²) < 4.78 is 1.74. The van der Waals surface area contributed by atoms with Gasteiger partial charge in [-0.25, -0.2) is 15.0 Å². The van der Waals surface area contributed by atoms with Crippen LogP contribution in [0.2, 0.25) is 0 Å². The van der Waals surface area contributed by atoms with E-state index in [0.717, 1.165) is 17.7 Å². The van der Waals surface area contributed by atoms with Crippen LogP contribution in [0.25, 0.3) is 0 Å². The summed E-state index contributed by atoms with van der Waals surface area (Å²) in [5.41, 5.74) is 1.09. The third-order valence-electron chi connectivity index (χ3n) is 2.79. The molecule has 1 aliphatic heterocycles. The van der Waals surface area contributed by atoms with Gasteiger partial charge in [0.2, 0.25) is 5.96 Å². The lowest BCUT2D eigenvalue weighted by atomic mass is 9.90. The zero-order chi connectivity index (χ0) is 13.2. The van der Waals surface area contributed by atoms with Crippen LogP contribution in [-0.2, 0) is 4.79 Å². The average Bonchev–Trinajstić information content (AvgIpc) is 2.79. The maximum Gasteiger partial charge on any atom is 0.235 e. The number of rotatable bonds is 2. The Hall–Kier alpha value is -2.04. The Morgan fingerprint density at radius 2 is 2.17 bits per heavy atom. The van der Waals surface area contributed by atoms with Crippen molar-refractivity contribution in [2.45, 2.75) is 27.2 Å². The van der Waals surface area contributed by atoms with Crippen LogP contribution >= 0.6 is 0 Å². The lowest BCUT2D eigenvalue weighted by Crippen LogP contribution is -2.17. The SMILES string of the molecule is CC1=NC(n2ccnc2)=NC(C(C)(C)C=O)=CC1. The smallest absolute Gasteiger partial charge is 0.235 e. The van der Waals surface area contributed by atoms with E-state index in [-0.39, 0.29) is 0 Å². The molecular weight excluding hydrogens is 228 g/mol. The van der Waals surface area contributed by atoms with E-state index in [1.165, 1.54) is 0 Å². The normalized spacial score (nSPS) is 16.5. The maximum absolute atomic E-state index is 11.1. The zero-order valence-corrected chi connectivity index (χ0v) is 10.8. The quantitative estimate of drug-likeness (QED) is 0.748. The highest BCUT2D eigenvalue weighted by Gasteiger charge is 2.24. The summed E-state index contributed by atoms with van der Waals surface area (Å²) >= 11 is 0. The predicted molar refractivity (Wildman–Crippen MR) is 70.7 cm³/mol. The molecule has 0 spiro atoms. The molecule has 0 saturated heterocycles. The fourth-order valence-corrected chi connectivity index (χ4v) is 1.60. The topological polar surface area (TPSA) is 59.6 Å². The first-order chi connectivity index (χ1) is 8.53. The number of hydrogen-bond donors (Lipinski definition) is 0. The number of hydrogen-bond acceptors (Lipinski definition) is 4. The molecule has 0 unspecified atom stereocenters. The van der Waals surface area contributed by atoms with Crippen molar-refractivity contribution in [3.8, 4) is 0 Å². The van der Waals surface area contributed by atoms with Crippen molar-refractivity contribution in [1.82, 2.24) is 9.55 Å². The molecule has 2 heterocycles. The van der Waals surface area contributed by atoms with Gasteiger partial charge in [0.1, 0.15) is 12.6 Å². The molecule has 1 aromatic heterocycles. The minimum absolute atomic E-state index is 0.545. The van der Waals surface area contributed by atoms with E-state index < -0.39 is 5.41 Å². The Kier molecular flexibility index (Phi) is 3.23. The highest BCUT2D eigenvalue weighted by Crippen LogP contribution is 2.26. The molecule has 0 aliphatic carbocycles. The number of aromatic nitrogens is 2. The largest absolute Gasteiger partial charge is 0.302 e. The summed E-state index contributed by atoms with van der Waals surface area (Å²) in [5, 5.41) is 0. The van der Waals surface area contributed by atoms with Crippen LogP contribution in [0.1, 0.15) is 27.2 Å². The van der Waals surface area contributed by atoms with E-state index in [1.54, 1.807) is 23.3 Å². The zero-order valence-electron chi connectivity index (χ0n) is 10.8. The van der Waals surface area contributed by atoms with Crippen molar-refractivity contribution in [2.75, 3.05) is 0 Å². The summed E-state index contributed by atoms with van der Waals surface area (Å²) in [6.45, 7) is 5.64. The van der Waals surface area contributed by atoms with Crippen LogP contribution in [-0.4, -0.2) is 27.5 Å². The van der Waals surface area contributed by atoms with Gasteiger partial charge in [0, 0.05) is 24.5 Å². The van der Waals surface area contributed by atoms with Crippen molar-refractivity contribution in [3.05, 3.63) is 30.5 Å². The number of allylic oxidation sites excluding steroid dienone is 2. The lowest BCUT2D eigenvalue weighted by Gasteiger charge is -2.17. The number of carbonyl (C=O) groups excluding carboxylic acids is 1. The first-order valence-corrected chi connectivity index (χ1v) is 5.81. The molecule has 5 heteroatoms. The van der Waals surface area contributed by atoms with Gasteiger partial charge in [0.25, 0.3) is 0 Å². The molecule has 0 aromatic carbocycles. The van der Waals surface area contributed by atoms with Gasteiger partial charge >= 0.3 is 0 Å². The summed E-state index contributed by atoms with van der Waals surface area (Å²) in [6, 6.07) is 0. The third kappa shape index (κ3) is 2.45. The van der Waals surface area contributed by atoms with Crippen molar-refractivity contribution in [2.24, 2.45) is 15.4 Å². The number of imidazole rings is 1. The van der Waals surface area contributed by atoms with E-state index in [9.17, 15) is 4.79 Å². The van der Waals surface area contributed by atoms with Crippen molar-refractivity contribution >= 4 is 18.0 Å². The summed E-state index contributed by atoms with van der Waals surface area (Å²) in [4.78, 5) is 24.1. The first kappa shape index (κ1) is 12.4. The first-order valence-electron chi connectivity index (χ1n) is 5.81. The minimum atomic E-state index is -0.605. The van der Waals surface area contributed by atoms with E-state index in [1.807, 2.05) is 26.8 Å². The molecule has 1 aliphatic rings. The average molecular weight is 244 g/mol. The van der Waals surface area contributed by atoms with Gasteiger partial charge in [0.15, 0.2) is 0 Å². The fourth-order valence-electron chi connectivity index (χ4n) is 1.60. The van der Waals surface area contributed by atoms with Crippen molar-refractivity contribution in [1.29, 1.82) is 0 Å². The molecule has 2 rings (SSSR count). The molecule has 0 saturated carbocycles. The highest BCUT2D eigenvalue weighted by atomic mass is 16.1. The summed E-state index contributed by atoms with van der Waals surface area (Å²) in [7, 11) is 0. The van der Waals surface area contributed by atoms with Gasteiger partial charge in [-0.1, -0.05) is 6.08 Å². The lowest BCUT2D eigenvalue weighted by molar-refractivity contribution is -0.113. The Morgan fingerprint density at radius 1 is 1.39 bits per heavy atom. The second kappa shape index (κ2) is 4.68. The molecule has 5 nitrogen and oxygen atoms in total. The second-order valence-corrected chi connectivity index (χ2v) is 4.86. The molecule has 0 N–H and O–H groups in total. The Labute approximate surface area is 106 Å². The van der Waals surface area contributed by atoms with Crippen LogP contribution in [0.4, 0.5) is 0 Å².